The Kier molecular flexibility index (Phi) is 7.41. The molecule has 0 fully saturated rings. The summed E-state index contributed by atoms with van der Waals surface area (Å²) in [5.74, 6) is -1.90. The molecule has 0 saturated heterocycles. The summed E-state index contributed by atoms with van der Waals surface area (Å²) in [4.78, 5) is 46.5. The Labute approximate surface area is 212 Å². The second-order valence-electron chi connectivity index (χ2n) is 7.82. The van der Waals surface area contributed by atoms with E-state index in [-0.39, 0.29) is 17.8 Å². The van der Waals surface area contributed by atoms with Gasteiger partial charge in [0.05, 0.1) is 18.4 Å². The second-order valence-corrected chi connectivity index (χ2v) is 8.18. The van der Waals surface area contributed by atoms with Crippen LogP contribution in [0.25, 0.3) is 17.1 Å². The average molecular weight is 504 g/mol. The Bertz CT molecular complexity index is 1390. The number of imidazole rings is 1. The molecule has 0 aliphatic carbocycles. The summed E-state index contributed by atoms with van der Waals surface area (Å²) in [7, 11) is 1.59. The monoisotopic (exact) mass is 503 g/mol. The van der Waals surface area contributed by atoms with E-state index in [1.54, 1.807) is 48.2 Å². The minimum Gasteiger partial charge on any atom is -0.497 e. The molecule has 9 nitrogen and oxygen atoms in total. The lowest BCUT2D eigenvalue weighted by Crippen LogP contribution is -2.46. The third-order valence-corrected chi connectivity index (χ3v) is 5.90. The number of primary amides is 1. The van der Waals surface area contributed by atoms with Gasteiger partial charge in [0, 0.05) is 36.2 Å². The number of ether oxygens (including phenoxy) is 1. The zero-order valence-corrected chi connectivity index (χ0v) is 20.0. The number of halogens is 1. The molecule has 4 aromatic rings. The van der Waals surface area contributed by atoms with E-state index in [9.17, 15) is 14.4 Å². The topological polar surface area (TPSA) is 120 Å². The molecular weight excluding hydrogens is 482 g/mol. The summed E-state index contributed by atoms with van der Waals surface area (Å²) < 4.78 is 7.48. The van der Waals surface area contributed by atoms with Gasteiger partial charge in [-0.1, -0.05) is 30.3 Å². The van der Waals surface area contributed by atoms with Gasteiger partial charge >= 0.3 is 0 Å². The fourth-order valence-electron chi connectivity index (χ4n) is 3.65. The first-order valence-corrected chi connectivity index (χ1v) is 11.2. The zero-order valence-electron chi connectivity index (χ0n) is 19.2. The van der Waals surface area contributed by atoms with Gasteiger partial charge in [0.1, 0.15) is 18.1 Å². The summed E-state index contributed by atoms with van der Waals surface area (Å²) in [5.41, 5.74) is 7.56. The maximum atomic E-state index is 13.4. The number of ketones is 1. The highest BCUT2D eigenvalue weighted by atomic mass is 35.5. The number of carbonyl (C=O) groups excluding carboxylic acids is 3. The minimum absolute atomic E-state index is 0.0140. The standard InChI is InChI=1S/C26H22ClN5O4/c1-36-19-11-9-18(10-12-19)21-15-31(16-30-21)25-20(8-5-13-29-25)26(35)32(27)22(23(33)24(28)34)14-17-6-3-2-4-7-17/h2-13,15-16,22H,14H2,1H3,(H2,28,34). The van der Waals surface area contributed by atoms with Crippen LogP contribution < -0.4 is 10.5 Å². The van der Waals surface area contributed by atoms with Gasteiger partial charge < -0.3 is 10.5 Å². The molecule has 10 heteroatoms. The third kappa shape index (κ3) is 5.26. The number of Topliss-reactive ketones (excluding diaryl/α,β-unsaturated/α-hetero) is 1. The zero-order chi connectivity index (χ0) is 25.7. The van der Waals surface area contributed by atoms with E-state index in [0.717, 1.165) is 5.56 Å². The maximum absolute atomic E-state index is 13.4. The van der Waals surface area contributed by atoms with Gasteiger partial charge in [0.2, 0.25) is 5.78 Å². The molecular formula is C26H22ClN5O4. The fourth-order valence-corrected chi connectivity index (χ4v) is 3.90. The van der Waals surface area contributed by atoms with Crippen molar-refractivity contribution in [2.75, 3.05) is 7.11 Å². The summed E-state index contributed by atoms with van der Waals surface area (Å²) in [6.45, 7) is 0. The van der Waals surface area contributed by atoms with Crippen LogP contribution in [0.3, 0.4) is 0 Å². The molecule has 2 aromatic heterocycles. The van der Waals surface area contributed by atoms with Gasteiger partial charge in [0.25, 0.3) is 11.8 Å². The molecule has 2 aromatic carbocycles. The number of hydrogen-bond donors (Lipinski definition) is 1. The minimum atomic E-state index is -1.30. The number of pyridine rings is 1. The number of hydrogen-bond acceptors (Lipinski definition) is 6. The Balaban J connectivity index is 1.65. The molecule has 1 unspecified atom stereocenters. The number of amides is 2. The number of nitrogens with two attached hydrogens (primary N) is 1. The Morgan fingerprint density at radius 1 is 1.03 bits per heavy atom. The Hall–Kier alpha value is -4.50. The lowest BCUT2D eigenvalue weighted by atomic mass is 10.0. The van der Waals surface area contributed by atoms with Crippen LogP contribution in [0.5, 0.6) is 5.75 Å². The van der Waals surface area contributed by atoms with E-state index in [1.807, 2.05) is 30.3 Å². The first kappa shape index (κ1) is 24.6. The summed E-state index contributed by atoms with van der Waals surface area (Å²) >= 11 is 6.40. The summed E-state index contributed by atoms with van der Waals surface area (Å²) in [5, 5.41) is 0. The van der Waals surface area contributed by atoms with Crippen molar-refractivity contribution in [3.8, 4) is 22.8 Å². The van der Waals surface area contributed by atoms with Gasteiger partial charge in [-0.15, -0.1) is 0 Å². The van der Waals surface area contributed by atoms with Gasteiger partial charge in [-0.2, -0.15) is 0 Å². The van der Waals surface area contributed by atoms with E-state index in [4.69, 9.17) is 22.2 Å². The molecule has 2 heterocycles. The van der Waals surface area contributed by atoms with Crippen molar-refractivity contribution in [1.29, 1.82) is 0 Å². The molecule has 0 radical (unpaired) electrons. The SMILES string of the molecule is COc1ccc(-c2cn(-c3ncccc3C(=O)N(Cl)C(Cc3ccccc3)C(=O)C(N)=O)cn2)cc1. The molecule has 36 heavy (non-hydrogen) atoms. The van der Waals surface area contributed by atoms with Crippen LogP contribution in [-0.2, 0) is 16.0 Å². The van der Waals surface area contributed by atoms with Crippen molar-refractivity contribution >= 4 is 29.4 Å². The van der Waals surface area contributed by atoms with Crippen molar-refractivity contribution in [3.05, 3.63) is 96.6 Å². The van der Waals surface area contributed by atoms with Crippen LogP contribution in [0.15, 0.2) is 85.5 Å². The Morgan fingerprint density at radius 2 is 1.75 bits per heavy atom. The average Bonchev–Trinajstić information content (AvgIpc) is 3.41. The van der Waals surface area contributed by atoms with E-state index < -0.39 is 23.6 Å². The first-order chi connectivity index (χ1) is 17.4. The van der Waals surface area contributed by atoms with Gasteiger partial charge in [0.15, 0.2) is 5.82 Å². The van der Waals surface area contributed by atoms with Crippen LogP contribution in [0.4, 0.5) is 0 Å². The van der Waals surface area contributed by atoms with Gasteiger partial charge in [-0.25, -0.2) is 14.4 Å². The molecule has 2 amide bonds. The number of methoxy groups -OCH3 is 1. The van der Waals surface area contributed by atoms with Crippen LogP contribution >= 0.6 is 11.8 Å². The lowest BCUT2D eigenvalue weighted by Gasteiger charge is -2.24. The van der Waals surface area contributed by atoms with Crippen LogP contribution in [-0.4, -0.2) is 49.7 Å². The second kappa shape index (κ2) is 10.8. The summed E-state index contributed by atoms with van der Waals surface area (Å²) in [6.07, 6.45) is 4.77. The van der Waals surface area contributed by atoms with E-state index in [1.165, 1.54) is 18.6 Å². The highest BCUT2D eigenvalue weighted by molar-refractivity contribution is 6.40. The number of carbonyl (C=O) groups is 3. The van der Waals surface area contributed by atoms with Crippen molar-refractivity contribution in [1.82, 2.24) is 19.0 Å². The number of benzene rings is 2. The molecule has 0 aliphatic heterocycles. The molecule has 1 atom stereocenters. The smallest absolute Gasteiger partial charge is 0.287 e. The number of aromatic nitrogens is 3. The normalized spacial score (nSPS) is 11.5. The van der Waals surface area contributed by atoms with E-state index in [2.05, 4.69) is 9.97 Å². The molecule has 0 spiro atoms. The molecule has 0 saturated carbocycles. The number of rotatable bonds is 9. The summed E-state index contributed by atoms with van der Waals surface area (Å²) in [6, 6.07) is 18.1. The van der Waals surface area contributed by atoms with Crippen LogP contribution in [0.2, 0.25) is 0 Å². The Morgan fingerprint density at radius 3 is 2.42 bits per heavy atom. The van der Waals surface area contributed by atoms with E-state index >= 15 is 0 Å². The van der Waals surface area contributed by atoms with Crippen LogP contribution in [0, 0.1) is 0 Å². The van der Waals surface area contributed by atoms with Crippen molar-refractivity contribution in [2.45, 2.75) is 12.5 Å². The maximum Gasteiger partial charge on any atom is 0.287 e. The largest absolute Gasteiger partial charge is 0.497 e. The van der Waals surface area contributed by atoms with Gasteiger partial charge in [-0.05, 0) is 42.0 Å². The molecule has 0 aliphatic rings. The predicted molar refractivity (Wildman–Crippen MR) is 134 cm³/mol. The first-order valence-electron chi connectivity index (χ1n) is 10.9. The highest BCUT2D eigenvalue weighted by Gasteiger charge is 2.34. The molecule has 182 valence electrons. The molecule has 2 N–H and O–H groups in total. The third-order valence-electron chi connectivity index (χ3n) is 5.52. The van der Waals surface area contributed by atoms with Crippen LogP contribution in [0.1, 0.15) is 15.9 Å². The predicted octanol–water partition coefficient (Wildman–Crippen LogP) is 3.20. The van der Waals surface area contributed by atoms with Gasteiger partial charge in [-0.3, -0.25) is 19.0 Å². The fraction of sp³-hybridized carbons (Fsp3) is 0.115. The van der Waals surface area contributed by atoms with Crippen molar-refractivity contribution in [3.63, 3.8) is 0 Å². The molecule has 0 bridgehead atoms. The lowest BCUT2D eigenvalue weighted by molar-refractivity contribution is -0.137. The van der Waals surface area contributed by atoms with Crippen molar-refractivity contribution in [2.24, 2.45) is 5.73 Å². The van der Waals surface area contributed by atoms with Crippen molar-refractivity contribution < 1.29 is 19.1 Å². The highest BCUT2D eigenvalue weighted by Crippen LogP contribution is 2.24. The van der Waals surface area contributed by atoms with E-state index in [0.29, 0.717) is 21.4 Å². The number of nitrogens with zero attached hydrogens (tertiary/aromatic N) is 4. The quantitative estimate of drug-likeness (QED) is 0.276. The molecule has 4 rings (SSSR count).